The Balaban J connectivity index is 2.17. The number of esters is 2. The third-order valence-corrected chi connectivity index (χ3v) is 4.74. The van der Waals surface area contributed by atoms with Gasteiger partial charge in [-0.05, 0) is 17.4 Å². The van der Waals surface area contributed by atoms with E-state index in [1.165, 1.54) is 14.2 Å². The quantitative estimate of drug-likeness (QED) is 0.797. The molecule has 0 amide bonds. The third kappa shape index (κ3) is 2.46. The molecule has 2 aromatic rings. The van der Waals surface area contributed by atoms with Gasteiger partial charge < -0.3 is 9.47 Å². The number of methoxy groups -OCH3 is 2. The lowest BCUT2D eigenvalue weighted by Crippen LogP contribution is -2.40. The number of benzene rings is 1. The van der Waals surface area contributed by atoms with Gasteiger partial charge >= 0.3 is 11.9 Å². The minimum atomic E-state index is -0.575. The number of nitrogens with zero attached hydrogens (tertiary/aromatic N) is 1. The van der Waals surface area contributed by atoms with E-state index >= 15 is 0 Å². The number of rotatable bonds is 2. The SMILES string of the molecule is COC(=O)[C@H]1Cc2c(ncc3ccccc23)C(C)[C@@H]1C(=O)OC. The van der Waals surface area contributed by atoms with Crippen LogP contribution in [-0.2, 0) is 25.5 Å². The van der Waals surface area contributed by atoms with Gasteiger partial charge in [-0.1, -0.05) is 31.2 Å². The highest BCUT2D eigenvalue weighted by Gasteiger charge is 2.45. The van der Waals surface area contributed by atoms with Crippen LogP contribution in [0.2, 0.25) is 0 Å². The van der Waals surface area contributed by atoms with E-state index in [1.807, 2.05) is 37.4 Å². The molecule has 1 aromatic carbocycles. The first-order chi connectivity index (χ1) is 11.1. The molecule has 1 aromatic heterocycles. The van der Waals surface area contributed by atoms with Crippen LogP contribution >= 0.6 is 0 Å². The van der Waals surface area contributed by atoms with E-state index in [0.717, 1.165) is 22.0 Å². The smallest absolute Gasteiger partial charge is 0.310 e. The Morgan fingerprint density at radius 3 is 2.52 bits per heavy atom. The Kier molecular flexibility index (Phi) is 4.03. The Morgan fingerprint density at radius 1 is 1.13 bits per heavy atom. The molecule has 0 aliphatic heterocycles. The molecule has 5 heteroatoms. The van der Waals surface area contributed by atoms with Crippen molar-refractivity contribution in [1.82, 2.24) is 4.98 Å². The summed E-state index contributed by atoms with van der Waals surface area (Å²) in [4.78, 5) is 29.0. The molecule has 3 atom stereocenters. The zero-order valence-corrected chi connectivity index (χ0v) is 13.4. The second-order valence-electron chi connectivity index (χ2n) is 5.88. The van der Waals surface area contributed by atoms with Gasteiger partial charge in [0, 0.05) is 23.2 Å². The van der Waals surface area contributed by atoms with Crippen molar-refractivity contribution in [2.24, 2.45) is 11.8 Å². The fourth-order valence-corrected chi connectivity index (χ4v) is 3.60. The van der Waals surface area contributed by atoms with Crippen LogP contribution in [0.4, 0.5) is 0 Å². The average molecular weight is 313 g/mol. The minimum Gasteiger partial charge on any atom is -0.469 e. The molecule has 23 heavy (non-hydrogen) atoms. The standard InChI is InChI=1S/C18H19NO4/c1-10-15(18(21)23-3)14(17(20)22-2)8-13-12-7-5-4-6-11(12)9-19-16(10)13/h4-7,9-10,14-15H,8H2,1-3H3/t10?,14-,15-/m0/s1. The van der Waals surface area contributed by atoms with E-state index in [1.54, 1.807) is 0 Å². The zero-order chi connectivity index (χ0) is 16.6. The monoisotopic (exact) mass is 313 g/mol. The van der Waals surface area contributed by atoms with Crippen molar-refractivity contribution in [3.05, 3.63) is 41.7 Å². The lowest BCUT2D eigenvalue weighted by Gasteiger charge is -2.34. The first-order valence-electron chi connectivity index (χ1n) is 7.60. The number of ether oxygens (including phenoxy) is 2. The molecule has 0 radical (unpaired) electrons. The van der Waals surface area contributed by atoms with Crippen molar-refractivity contribution < 1.29 is 19.1 Å². The fraction of sp³-hybridized carbons (Fsp3) is 0.389. The number of fused-ring (bicyclic) bond motifs is 3. The number of hydrogen-bond donors (Lipinski definition) is 0. The van der Waals surface area contributed by atoms with Crippen molar-refractivity contribution >= 4 is 22.7 Å². The highest BCUT2D eigenvalue weighted by molar-refractivity contribution is 5.89. The summed E-state index contributed by atoms with van der Waals surface area (Å²) in [5.41, 5.74) is 1.88. The van der Waals surface area contributed by atoms with Crippen LogP contribution in [0.1, 0.15) is 24.1 Å². The summed E-state index contributed by atoms with van der Waals surface area (Å²) in [7, 11) is 2.69. The molecule has 0 saturated heterocycles. The lowest BCUT2D eigenvalue weighted by molar-refractivity contribution is -0.159. The number of carbonyl (C=O) groups excluding carboxylic acids is 2. The largest absolute Gasteiger partial charge is 0.469 e. The van der Waals surface area contributed by atoms with Gasteiger partial charge in [-0.3, -0.25) is 14.6 Å². The molecule has 3 rings (SSSR count). The molecule has 0 fully saturated rings. The minimum absolute atomic E-state index is 0.208. The van der Waals surface area contributed by atoms with Crippen LogP contribution in [0.5, 0.6) is 0 Å². The third-order valence-electron chi connectivity index (χ3n) is 4.74. The van der Waals surface area contributed by atoms with E-state index in [9.17, 15) is 9.59 Å². The Morgan fingerprint density at radius 2 is 1.83 bits per heavy atom. The van der Waals surface area contributed by atoms with E-state index in [0.29, 0.717) is 6.42 Å². The predicted molar refractivity (Wildman–Crippen MR) is 84.9 cm³/mol. The van der Waals surface area contributed by atoms with Gasteiger partial charge in [0.25, 0.3) is 0 Å². The maximum absolute atomic E-state index is 12.2. The molecular weight excluding hydrogens is 294 g/mol. The van der Waals surface area contributed by atoms with E-state index in [2.05, 4.69) is 4.98 Å². The van der Waals surface area contributed by atoms with Gasteiger partial charge in [0.15, 0.2) is 0 Å². The number of aromatic nitrogens is 1. The maximum atomic E-state index is 12.2. The second kappa shape index (κ2) is 5.99. The van der Waals surface area contributed by atoms with Gasteiger partial charge in [-0.2, -0.15) is 0 Å². The van der Waals surface area contributed by atoms with Gasteiger partial charge in [0.05, 0.1) is 26.1 Å². The Labute approximate surface area is 134 Å². The molecule has 120 valence electrons. The topological polar surface area (TPSA) is 65.5 Å². The number of pyridine rings is 1. The van der Waals surface area contributed by atoms with Crippen molar-refractivity contribution in [2.75, 3.05) is 14.2 Å². The van der Waals surface area contributed by atoms with Gasteiger partial charge in [0.1, 0.15) is 0 Å². The predicted octanol–water partition coefficient (Wildman–Crippen LogP) is 2.47. The van der Waals surface area contributed by atoms with Gasteiger partial charge in [0.2, 0.25) is 0 Å². The van der Waals surface area contributed by atoms with E-state index < -0.39 is 17.8 Å². The molecule has 1 aliphatic carbocycles. The van der Waals surface area contributed by atoms with Crippen LogP contribution < -0.4 is 0 Å². The molecule has 0 saturated carbocycles. The lowest BCUT2D eigenvalue weighted by atomic mass is 9.70. The normalized spacial score (nSPS) is 23.2. The van der Waals surface area contributed by atoms with Crippen LogP contribution in [-0.4, -0.2) is 31.1 Å². The maximum Gasteiger partial charge on any atom is 0.310 e. The zero-order valence-electron chi connectivity index (χ0n) is 13.4. The van der Waals surface area contributed by atoms with Crippen LogP contribution in [0.25, 0.3) is 10.8 Å². The summed E-state index contributed by atoms with van der Waals surface area (Å²) in [5.74, 6) is -2.12. The highest BCUT2D eigenvalue weighted by Crippen LogP contribution is 2.42. The summed E-state index contributed by atoms with van der Waals surface area (Å²) in [6, 6.07) is 7.94. The van der Waals surface area contributed by atoms with Crippen molar-refractivity contribution in [3.8, 4) is 0 Å². The molecule has 1 unspecified atom stereocenters. The van der Waals surface area contributed by atoms with E-state index in [4.69, 9.17) is 9.47 Å². The summed E-state index contributed by atoms with van der Waals surface area (Å²) in [6.45, 7) is 1.91. The highest BCUT2D eigenvalue weighted by atomic mass is 16.5. The molecule has 5 nitrogen and oxygen atoms in total. The van der Waals surface area contributed by atoms with Crippen LogP contribution in [0.3, 0.4) is 0 Å². The summed E-state index contributed by atoms with van der Waals surface area (Å²) < 4.78 is 9.84. The first kappa shape index (κ1) is 15.5. The van der Waals surface area contributed by atoms with Crippen LogP contribution in [0.15, 0.2) is 30.5 Å². The van der Waals surface area contributed by atoms with Gasteiger partial charge in [-0.15, -0.1) is 0 Å². The Bertz CT molecular complexity index is 771. The molecule has 1 heterocycles. The number of carbonyl (C=O) groups is 2. The average Bonchev–Trinajstić information content (AvgIpc) is 2.59. The molecule has 0 bridgehead atoms. The fourth-order valence-electron chi connectivity index (χ4n) is 3.60. The van der Waals surface area contributed by atoms with Crippen molar-refractivity contribution in [2.45, 2.75) is 19.3 Å². The van der Waals surface area contributed by atoms with E-state index in [-0.39, 0.29) is 11.9 Å². The molecular formula is C18H19NO4. The van der Waals surface area contributed by atoms with Crippen molar-refractivity contribution in [1.29, 1.82) is 0 Å². The molecule has 1 aliphatic rings. The first-order valence-corrected chi connectivity index (χ1v) is 7.60. The number of hydrogen-bond acceptors (Lipinski definition) is 5. The second-order valence-corrected chi connectivity index (χ2v) is 5.88. The Hall–Kier alpha value is -2.43. The van der Waals surface area contributed by atoms with Crippen molar-refractivity contribution in [3.63, 3.8) is 0 Å². The molecule has 0 N–H and O–H groups in total. The van der Waals surface area contributed by atoms with Gasteiger partial charge in [-0.25, -0.2) is 0 Å². The summed E-state index contributed by atoms with van der Waals surface area (Å²) in [5, 5.41) is 2.10. The van der Waals surface area contributed by atoms with Crippen LogP contribution in [0, 0.1) is 11.8 Å². The summed E-state index contributed by atoms with van der Waals surface area (Å²) in [6.07, 6.45) is 2.25. The summed E-state index contributed by atoms with van der Waals surface area (Å²) >= 11 is 0. The molecule has 0 spiro atoms.